The second-order valence-corrected chi connectivity index (χ2v) is 8.42. The Morgan fingerprint density at radius 1 is 1.10 bits per heavy atom. The topological polar surface area (TPSA) is 81.9 Å². The summed E-state index contributed by atoms with van der Waals surface area (Å²) in [4.78, 5) is 31.2. The third kappa shape index (κ3) is 6.46. The van der Waals surface area contributed by atoms with Crippen molar-refractivity contribution in [2.45, 2.75) is 25.9 Å². The summed E-state index contributed by atoms with van der Waals surface area (Å²) >= 11 is 0. The third-order valence-electron chi connectivity index (χ3n) is 5.55. The van der Waals surface area contributed by atoms with Crippen molar-refractivity contribution in [2.24, 2.45) is 5.73 Å². The van der Waals surface area contributed by atoms with E-state index in [1.54, 1.807) is 4.90 Å². The van der Waals surface area contributed by atoms with Gasteiger partial charge in [0.2, 0.25) is 11.8 Å². The number of hydrogen-bond donors (Lipinski definition) is 2. The fraction of sp³-hybridized carbons (Fsp3) is 0.417. The molecule has 0 saturated carbocycles. The number of anilines is 2. The van der Waals surface area contributed by atoms with Gasteiger partial charge in [-0.3, -0.25) is 9.59 Å². The molecule has 1 aliphatic heterocycles. The molecule has 1 atom stereocenters. The summed E-state index contributed by atoms with van der Waals surface area (Å²) in [6, 6.07) is 16.0. The van der Waals surface area contributed by atoms with E-state index < -0.39 is 0 Å². The van der Waals surface area contributed by atoms with Crippen molar-refractivity contribution >= 4 is 23.2 Å². The Labute approximate surface area is 184 Å². The van der Waals surface area contributed by atoms with Gasteiger partial charge in [-0.05, 0) is 48.7 Å². The van der Waals surface area contributed by atoms with Crippen LogP contribution in [0, 0.1) is 6.92 Å². The number of aryl methyl sites for hydroxylation is 1. The number of amides is 2. The van der Waals surface area contributed by atoms with Crippen molar-refractivity contribution in [2.75, 3.05) is 50.1 Å². The highest BCUT2D eigenvalue weighted by Gasteiger charge is 2.25. The molecule has 3 rings (SSSR count). The van der Waals surface area contributed by atoms with E-state index in [0.29, 0.717) is 19.6 Å². The molecule has 7 nitrogen and oxygen atoms in total. The molecule has 0 aromatic heterocycles. The van der Waals surface area contributed by atoms with Crippen molar-refractivity contribution in [3.05, 3.63) is 59.7 Å². The number of likely N-dealkylation sites (tertiary alicyclic amines) is 1. The summed E-state index contributed by atoms with van der Waals surface area (Å²) in [5.74, 6) is -0.120. The average Bonchev–Trinajstić information content (AvgIpc) is 3.18. The molecule has 3 N–H and O–H groups in total. The van der Waals surface area contributed by atoms with Gasteiger partial charge in [0.05, 0.1) is 13.1 Å². The molecule has 0 aliphatic carbocycles. The number of nitrogens with zero attached hydrogens (tertiary/aromatic N) is 3. The summed E-state index contributed by atoms with van der Waals surface area (Å²) in [5.41, 5.74) is 10.0. The SMILES string of the molecule is Cc1cccc(N(CC(=O)NCc2ccc(N(C)C)cc2)CC(=O)N2CCC(N)C2)c1. The second kappa shape index (κ2) is 10.3. The van der Waals surface area contributed by atoms with Crippen LogP contribution in [0.5, 0.6) is 0 Å². The lowest BCUT2D eigenvalue weighted by molar-refractivity contribution is -0.128. The minimum absolute atomic E-state index is 0.00142. The van der Waals surface area contributed by atoms with Crippen LogP contribution in [-0.4, -0.2) is 63.0 Å². The van der Waals surface area contributed by atoms with E-state index in [2.05, 4.69) is 5.32 Å². The van der Waals surface area contributed by atoms with Crippen LogP contribution in [0.15, 0.2) is 48.5 Å². The largest absolute Gasteiger partial charge is 0.378 e. The molecule has 31 heavy (non-hydrogen) atoms. The molecular weight excluding hydrogens is 390 g/mol. The number of nitrogens with one attached hydrogen (secondary N) is 1. The molecule has 166 valence electrons. The third-order valence-corrected chi connectivity index (χ3v) is 5.55. The monoisotopic (exact) mass is 423 g/mol. The van der Waals surface area contributed by atoms with Crippen LogP contribution in [-0.2, 0) is 16.1 Å². The van der Waals surface area contributed by atoms with Crippen molar-refractivity contribution in [1.82, 2.24) is 10.2 Å². The van der Waals surface area contributed by atoms with Crippen LogP contribution in [0.3, 0.4) is 0 Å². The zero-order valence-electron chi connectivity index (χ0n) is 18.7. The highest BCUT2D eigenvalue weighted by atomic mass is 16.2. The number of benzene rings is 2. The molecule has 1 unspecified atom stereocenters. The Kier molecular flexibility index (Phi) is 7.52. The lowest BCUT2D eigenvalue weighted by Crippen LogP contribution is -2.44. The van der Waals surface area contributed by atoms with E-state index in [4.69, 9.17) is 5.73 Å². The average molecular weight is 424 g/mol. The Hall–Kier alpha value is -3.06. The molecule has 1 fully saturated rings. The molecular formula is C24H33N5O2. The van der Waals surface area contributed by atoms with Crippen LogP contribution in [0.1, 0.15) is 17.5 Å². The van der Waals surface area contributed by atoms with E-state index in [1.165, 1.54) is 0 Å². The summed E-state index contributed by atoms with van der Waals surface area (Å²) in [5, 5.41) is 2.97. The highest BCUT2D eigenvalue weighted by molar-refractivity contribution is 5.86. The molecule has 0 radical (unpaired) electrons. The molecule has 1 heterocycles. The van der Waals surface area contributed by atoms with Crippen LogP contribution in [0.2, 0.25) is 0 Å². The summed E-state index contributed by atoms with van der Waals surface area (Å²) in [6.07, 6.45) is 0.823. The van der Waals surface area contributed by atoms with Crippen LogP contribution in [0.4, 0.5) is 11.4 Å². The van der Waals surface area contributed by atoms with Gasteiger partial charge in [-0.2, -0.15) is 0 Å². The Balaban J connectivity index is 1.63. The molecule has 2 aromatic rings. The highest BCUT2D eigenvalue weighted by Crippen LogP contribution is 2.17. The van der Waals surface area contributed by atoms with Gasteiger partial charge in [0.25, 0.3) is 0 Å². The molecule has 1 aliphatic rings. The van der Waals surface area contributed by atoms with Crippen molar-refractivity contribution in [1.29, 1.82) is 0 Å². The summed E-state index contributed by atoms with van der Waals surface area (Å²) in [6.45, 7) is 3.97. The first-order valence-corrected chi connectivity index (χ1v) is 10.7. The standard InChI is InChI=1S/C24H33N5O2/c1-18-5-4-6-22(13-18)29(17-24(31)28-12-11-20(25)15-28)16-23(30)26-14-19-7-9-21(10-8-19)27(2)3/h4-10,13,20H,11-12,14-17,25H2,1-3H3,(H,26,30). The normalized spacial score (nSPS) is 15.6. The zero-order chi connectivity index (χ0) is 22.4. The van der Waals surface area contributed by atoms with E-state index in [0.717, 1.165) is 28.9 Å². The predicted octanol–water partition coefficient (Wildman–Crippen LogP) is 1.74. The van der Waals surface area contributed by atoms with Gasteiger partial charge in [0, 0.05) is 51.1 Å². The molecule has 1 saturated heterocycles. The Morgan fingerprint density at radius 2 is 1.84 bits per heavy atom. The van der Waals surface area contributed by atoms with Crippen LogP contribution < -0.4 is 20.9 Å². The molecule has 0 spiro atoms. The van der Waals surface area contributed by atoms with E-state index in [1.807, 2.05) is 79.3 Å². The zero-order valence-corrected chi connectivity index (χ0v) is 18.7. The number of carbonyl (C=O) groups is 2. The van der Waals surface area contributed by atoms with Gasteiger partial charge in [-0.15, -0.1) is 0 Å². The van der Waals surface area contributed by atoms with Crippen molar-refractivity contribution in [3.8, 4) is 0 Å². The first-order valence-electron chi connectivity index (χ1n) is 10.7. The maximum atomic E-state index is 12.8. The fourth-order valence-corrected chi connectivity index (χ4v) is 3.68. The number of rotatable bonds is 8. The lowest BCUT2D eigenvalue weighted by atomic mass is 10.2. The minimum atomic E-state index is -0.121. The van der Waals surface area contributed by atoms with E-state index >= 15 is 0 Å². The van der Waals surface area contributed by atoms with E-state index in [9.17, 15) is 9.59 Å². The van der Waals surface area contributed by atoms with Gasteiger partial charge in [0.1, 0.15) is 0 Å². The van der Waals surface area contributed by atoms with Crippen LogP contribution >= 0.6 is 0 Å². The quantitative estimate of drug-likeness (QED) is 0.676. The van der Waals surface area contributed by atoms with Gasteiger partial charge >= 0.3 is 0 Å². The minimum Gasteiger partial charge on any atom is -0.378 e. The number of hydrogen-bond acceptors (Lipinski definition) is 5. The van der Waals surface area contributed by atoms with Gasteiger partial charge in [-0.1, -0.05) is 24.3 Å². The first kappa shape index (κ1) is 22.6. The van der Waals surface area contributed by atoms with Crippen molar-refractivity contribution in [3.63, 3.8) is 0 Å². The van der Waals surface area contributed by atoms with Crippen molar-refractivity contribution < 1.29 is 9.59 Å². The van der Waals surface area contributed by atoms with E-state index in [-0.39, 0.29) is 30.9 Å². The van der Waals surface area contributed by atoms with Crippen LogP contribution in [0.25, 0.3) is 0 Å². The fourth-order valence-electron chi connectivity index (χ4n) is 3.68. The number of nitrogens with two attached hydrogens (primary N) is 1. The first-order chi connectivity index (χ1) is 14.8. The van der Waals surface area contributed by atoms with Gasteiger partial charge < -0.3 is 25.8 Å². The Bertz CT molecular complexity index is 897. The molecule has 0 bridgehead atoms. The van der Waals surface area contributed by atoms with Gasteiger partial charge in [0.15, 0.2) is 0 Å². The predicted molar refractivity (Wildman–Crippen MR) is 125 cm³/mol. The molecule has 2 amide bonds. The maximum absolute atomic E-state index is 12.8. The summed E-state index contributed by atoms with van der Waals surface area (Å²) in [7, 11) is 3.99. The number of carbonyl (C=O) groups excluding carboxylic acids is 2. The second-order valence-electron chi connectivity index (χ2n) is 8.42. The smallest absolute Gasteiger partial charge is 0.242 e. The van der Waals surface area contributed by atoms with Gasteiger partial charge in [-0.25, -0.2) is 0 Å². The summed E-state index contributed by atoms with van der Waals surface area (Å²) < 4.78 is 0. The molecule has 7 heteroatoms. The maximum Gasteiger partial charge on any atom is 0.242 e. The Morgan fingerprint density at radius 3 is 2.45 bits per heavy atom. The lowest BCUT2D eigenvalue weighted by Gasteiger charge is -2.26. The molecule has 2 aromatic carbocycles.